The number of nitrogens with one attached hydrogen (secondary N) is 1. The number of benzene rings is 1. The number of carbonyl (C=O) groups is 1. The molecule has 0 aliphatic rings. The fourth-order valence-corrected chi connectivity index (χ4v) is 1.81. The summed E-state index contributed by atoms with van der Waals surface area (Å²) in [7, 11) is 0. The molecule has 0 atom stereocenters. The highest BCUT2D eigenvalue weighted by Crippen LogP contribution is 2.12. The molecular formula is C15H21N3O3. The van der Waals surface area contributed by atoms with E-state index in [4.69, 9.17) is 0 Å². The van der Waals surface area contributed by atoms with Gasteiger partial charge in [0.2, 0.25) is 5.91 Å². The molecule has 1 aromatic carbocycles. The van der Waals surface area contributed by atoms with Crippen LogP contribution in [0.4, 0.5) is 5.69 Å². The second kappa shape index (κ2) is 9.63. The molecule has 1 rings (SSSR count). The normalized spacial score (nSPS) is 10.7. The minimum absolute atomic E-state index is 0.0178. The van der Waals surface area contributed by atoms with Crippen LogP contribution < -0.4 is 5.43 Å². The van der Waals surface area contributed by atoms with Gasteiger partial charge in [-0.15, -0.1) is 0 Å². The summed E-state index contributed by atoms with van der Waals surface area (Å²) in [6.45, 7) is 2.16. The lowest BCUT2D eigenvalue weighted by Gasteiger charge is -2.00. The van der Waals surface area contributed by atoms with Crippen molar-refractivity contribution in [2.45, 2.75) is 45.4 Å². The van der Waals surface area contributed by atoms with Crippen LogP contribution in [0.2, 0.25) is 0 Å². The Morgan fingerprint density at radius 1 is 1.29 bits per heavy atom. The zero-order chi connectivity index (χ0) is 15.5. The fraction of sp³-hybridized carbons (Fsp3) is 0.467. The molecule has 0 aromatic heterocycles. The first kappa shape index (κ1) is 16.8. The standard InChI is InChI=1S/C15H21N3O3/c1-2-3-4-5-6-11-16-17-15(19)12-13-7-9-14(10-8-13)18(20)21/h7-11H,2-6,12H2,1H3,(H,17,19). The van der Waals surface area contributed by atoms with Crippen molar-refractivity contribution in [2.75, 3.05) is 0 Å². The van der Waals surface area contributed by atoms with Gasteiger partial charge in [-0.05, 0) is 18.4 Å². The van der Waals surface area contributed by atoms with Gasteiger partial charge in [0.15, 0.2) is 0 Å². The number of amides is 1. The number of nitrogens with zero attached hydrogens (tertiary/aromatic N) is 2. The van der Waals surface area contributed by atoms with Crippen LogP contribution in [-0.2, 0) is 11.2 Å². The molecule has 0 bridgehead atoms. The summed E-state index contributed by atoms with van der Waals surface area (Å²) in [5, 5.41) is 14.4. The van der Waals surface area contributed by atoms with Crippen LogP contribution in [-0.4, -0.2) is 17.0 Å². The minimum atomic E-state index is -0.466. The average molecular weight is 291 g/mol. The van der Waals surface area contributed by atoms with Crippen molar-refractivity contribution in [2.24, 2.45) is 5.10 Å². The van der Waals surface area contributed by atoms with Gasteiger partial charge in [-0.2, -0.15) is 5.10 Å². The summed E-state index contributed by atoms with van der Waals surface area (Å²) in [6, 6.07) is 5.93. The summed E-state index contributed by atoms with van der Waals surface area (Å²) < 4.78 is 0. The lowest BCUT2D eigenvalue weighted by atomic mass is 10.1. The summed E-state index contributed by atoms with van der Waals surface area (Å²) >= 11 is 0. The van der Waals surface area contributed by atoms with Crippen LogP contribution in [0, 0.1) is 10.1 Å². The third-order valence-corrected chi connectivity index (χ3v) is 2.98. The number of hydrogen-bond donors (Lipinski definition) is 1. The molecule has 1 aromatic rings. The van der Waals surface area contributed by atoms with Crippen LogP contribution in [0.25, 0.3) is 0 Å². The zero-order valence-electron chi connectivity index (χ0n) is 12.2. The van der Waals surface area contributed by atoms with Crippen LogP contribution in [0.5, 0.6) is 0 Å². The second-order valence-electron chi connectivity index (χ2n) is 4.80. The maximum Gasteiger partial charge on any atom is 0.269 e. The first-order valence-corrected chi connectivity index (χ1v) is 7.17. The van der Waals surface area contributed by atoms with Gasteiger partial charge in [0.05, 0.1) is 11.3 Å². The SMILES string of the molecule is CCCCCCC=NNC(=O)Cc1ccc([N+](=O)[O-])cc1. The van der Waals surface area contributed by atoms with Gasteiger partial charge >= 0.3 is 0 Å². The Morgan fingerprint density at radius 2 is 2.00 bits per heavy atom. The molecular weight excluding hydrogens is 270 g/mol. The van der Waals surface area contributed by atoms with Crippen molar-refractivity contribution < 1.29 is 9.72 Å². The molecule has 0 aliphatic carbocycles. The number of rotatable bonds is 9. The number of hydrazone groups is 1. The molecule has 0 saturated heterocycles. The quantitative estimate of drug-likeness (QED) is 0.328. The van der Waals surface area contributed by atoms with E-state index in [0.717, 1.165) is 18.4 Å². The Morgan fingerprint density at radius 3 is 2.62 bits per heavy atom. The largest absolute Gasteiger partial charge is 0.273 e. The second-order valence-corrected chi connectivity index (χ2v) is 4.80. The summed E-state index contributed by atoms with van der Waals surface area (Å²) in [5.41, 5.74) is 3.19. The van der Waals surface area contributed by atoms with Gasteiger partial charge < -0.3 is 0 Å². The molecule has 0 radical (unpaired) electrons. The lowest BCUT2D eigenvalue weighted by molar-refractivity contribution is -0.384. The third kappa shape index (κ3) is 7.20. The Balaban J connectivity index is 2.27. The van der Waals surface area contributed by atoms with Gasteiger partial charge in [0.1, 0.15) is 0 Å². The zero-order valence-corrected chi connectivity index (χ0v) is 12.2. The van der Waals surface area contributed by atoms with E-state index in [1.807, 2.05) is 0 Å². The number of non-ortho nitro benzene ring substituents is 1. The molecule has 6 heteroatoms. The first-order valence-electron chi connectivity index (χ1n) is 7.17. The molecule has 0 heterocycles. The molecule has 6 nitrogen and oxygen atoms in total. The number of carbonyl (C=O) groups excluding carboxylic acids is 1. The Labute approximate surface area is 124 Å². The summed E-state index contributed by atoms with van der Waals surface area (Å²) in [4.78, 5) is 21.7. The van der Waals surface area contributed by atoms with Crippen LogP contribution in [0.1, 0.15) is 44.6 Å². The van der Waals surface area contributed by atoms with E-state index in [0.29, 0.717) is 0 Å². The highest BCUT2D eigenvalue weighted by atomic mass is 16.6. The molecule has 21 heavy (non-hydrogen) atoms. The Bertz CT molecular complexity index is 483. The van der Waals surface area contributed by atoms with Crippen molar-refractivity contribution in [3.05, 3.63) is 39.9 Å². The summed E-state index contributed by atoms with van der Waals surface area (Å²) in [6.07, 6.45) is 7.41. The molecule has 1 amide bonds. The summed E-state index contributed by atoms with van der Waals surface area (Å²) in [5.74, 6) is -0.228. The molecule has 0 aliphatic heterocycles. The van der Waals surface area contributed by atoms with Crippen LogP contribution in [0.15, 0.2) is 29.4 Å². The van der Waals surface area contributed by atoms with E-state index in [1.165, 1.54) is 31.4 Å². The van der Waals surface area contributed by atoms with Gasteiger partial charge in [-0.3, -0.25) is 14.9 Å². The molecule has 114 valence electrons. The first-order chi connectivity index (χ1) is 10.1. The molecule has 0 unspecified atom stereocenters. The number of unbranched alkanes of at least 4 members (excludes halogenated alkanes) is 4. The highest BCUT2D eigenvalue weighted by molar-refractivity contribution is 5.79. The maximum absolute atomic E-state index is 11.6. The Hall–Kier alpha value is -2.24. The van der Waals surface area contributed by atoms with E-state index < -0.39 is 4.92 Å². The van der Waals surface area contributed by atoms with E-state index in [-0.39, 0.29) is 18.0 Å². The van der Waals surface area contributed by atoms with Crippen molar-refractivity contribution in [3.8, 4) is 0 Å². The average Bonchev–Trinajstić information content (AvgIpc) is 2.47. The van der Waals surface area contributed by atoms with E-state index in [2.05, 4.69) is 17.5 Å². The van der Waals surface area contributed by atoms with Crippen LogP contribution in [0.3, 0.4) is 0 Å². The molecule has 1 N–H and O–H groups in total. The highest BCUT2D eigenvalue weighted by Gasteiger charge is 2.06. The van der Waals surface area contributed by atoms with E-state index >= 15 is 0 Å². The van der Waals surface area contributed by atoms with E-state index in [9.17, 15) is 14.9 Å². The van der Waals surface area contributed by atoms with Gasteiger partial charge in [0, 0.05) is 18.3 Å². The van der Waals surface area contributed by atoms with Crippen molar-refractivity contribution >= 4 is 17.8 Å². The van der Waals surface area contributed by atoms with Gasteiger partial charge in [-0.25, -0.2) is 5.43 Å². The molecule has 0 saturated carbocycles. The predicted molar refractivity (Wildman–Crippen MR) is 82.2 cm³/mol. The molecule has 0 fully saturated rings. The van der Waals surface area contributed by atoms with Gasteiger partial charge in [0.25, 0.3) is 5.69 Å². The monoisotopic (exact) mass is 291 g/mol. The van der Waals surface area contributed by atoms with Crippen molar-refractivity contribution in [1.82, 2.24) is 5.43 Å². The number of nitro benzene ring substituents is 1. The third-order valence-electron chi connectivity index (χ3n) is 2.98. The topological polar surface area (TPSA) is 84.6 Å². The Kier molecular flexibility index (Phi) is 7.71. The van der Waals surface area contributed by atoms with Crippen molar-refractivity contribution in [3.63, 3.8) is 0 Å². The molecule has 0 spiro atoms. The van der Waals surface area contributed by atoms with E-state index in [1.54, 1.807) is 18.3 Å². The minimum Gasteiger partial charge on any atom is -0.273 e. The number of hydrogen-bond acceptors (Lipinski definition) is 4. The fourth-order valence-electron chi connectivity index (χ4n) is 1.81. The predicted octanol–water partition coefficient (Wildman–Crippen LogP) is 3.21. The maximum atomic E-state index is 11.6. The number of nitro groups is 1. The lowest BCUT2D eigenvalue weighted by Crippen LogP contribution is -2.19. The smallest absolute Gasteiger partial charge is 0.269 e. The van der Waals surface area contributed by atoms with Crippen LogP contribution >= 0.6 is 0 Å². The van der Waals surface area contributed by atoms with Gasteiger partial charge in [-0.1, -0.05) is 38.3 Å². The van der Waals surface area contributed by atoms with Crippen molar-refractivity contribution in [1.29, 1.82) is 0 Å².